The maximum Gasteiger partial charge on any atom is 0 e. The third-order valence-electron chi connectivity index (χ3n) is 0. The molecule has 0 aliphatic heterocycles. The predicted octanol–water partition coefficient (Wildman–Crippen LogP) is -2.03. The van der Waals surface area contributed by atoms with Crippen molar-refractivity contribution in [1.82, 2.24) is 0 Å². The van der Waals surface area contributed by atoms with Gasteiger partial charge >= 0.3 is 0 Å². The second-order valence-corrected chi connectivity index (χ2v) is 0. The Morgan fingerprint density at radius 3 is 0.750 bits per heavy atom. The molecule has 0 heterocycles. The average Bonchev–Trinajstić information content (AvgIpc) is 0. The molecule has 0 rings (SSSR count). The molecule has 0 bridgehead atoms. The normalized spacial score (nSPS) is 0. The minimum Gasteiger partial charge on any atom is -0.412 e. The number of rotatable bonds is 0. The molecular weight excluding hydrogens is 124 g/mol. The van der Waals surface area contributed by atoms with E-state index in [0.717, 1.165) is 0 Å². The molecule has 0 aromatic heterocycles. The van der Waals surface area contributed by atoms with Gasteiger partial charge in [0.2, 0.25) is 0 Å². The Bertz CT molecular complexity index is 6.00. The van der Waals surface area contributed by atoms with Crippen LogP contribution in [0.3, 0.4) is 0 Å². The molecule has 0 aliphatic rings. The van der Waals surface area contributed by atoms with Gasteiger partial charge in [-0.15, -0.1) is 0 Å². The van der Waals surface area contributed by atoms with Gasteiger partial charge in [0.05, 0.1) is 0 Å². The van der Waals surface area contributed by atoms with Crippen LogP contribution < -0.4 is 0 Å². The van der Waals surface area contributed by atoms with Crippen LogP contribution in [-0.2, 0) is 17.1 Å². The Labute approximate surface area is 39.7 Å². The number of hydrogen-bond acceptors (Lipinski definition) is 0. The maximum absolute atomic E-state index is 0. The predicted molar refractivity (Wildman–Crippen MR) is 13.0 cm³/mol. The second kappa shape index (κ2) is 59.9. The fourth-order valence-corrected chi connectivity index (χ4v) is 0. The SMILES string of the molecule is O.O.[Cu].[Si]. The van der Waals surface area contributed by atoms with Crippen molar-refractivity contribution in [3.05, 3.63) is 0 Å². The summed E-state index contributed by atoms with van der Waals surface area (Å²) in [6.45, 7) is 0. The third kappa shape index (κ3) is 16.9. The van der Waals surface area contributed by atoms with Crippen molar-refractivity contribution in [2.45, 2.75) is 0 Å². The first-order chi connectivity index (χ1) is 0. The Morgan fingerprint density at radius 1 is 0.750 bits per heavy atom. The summed E-state index contributed by atoms with van der Waals surface area (Å²) < 4.78 is 0. The van der Waals surface area contributed by atoms with E-state index in [4.69, 9.17) is 0 Å². The van der Waals surface area contributed by atoms with Crippen LogP contribution in [-0.4, -0.2) is 21.9 Å². The molecular formula is H4CuO2Si. The van der Waals surface area contributed by atoms with Gasteiger partial charge in [0, 0.05) is 28.0 Å². The molecule has 0 amide bonds. The molecule has 4 heavy (non-hydrogen) atoms. The van der Waals surface area contributed by atoms with Crippen LogP contribution in [0.5, 0.6) is 0 Å². The van der Waals surface area contributed by atoms with Crippen molar-refractivity contribution < 1.29 is 28.0 Å². The fourth-order valence-electron chi connectivity index (χ4n) is 0. The second-order valence-electron chi connectivity index (χ2n) is 0. The molecule has 0 aromatic carbocycles. The largest absolute Gasteiger partial charge is 0.412 e. The minimum atomic E-state index is 0. The first-order valence-corrected chi connectivity index (χ1v) is 0. The summed E-state index contributed by atoms with van der Waals surface area (Å²) in [5, 5.41) is 0. The Hall–Kier alpha value is 0.656. The zero-order chi connectivity index (χ0) is 0. The number of hydrogen-bond donors (Lipinski definition) is 0. The molecule has 0 atom stereocenters. The Morgan fingerprint density at radius 2 is 0.750 bits per heavy atom. The summed E-state index contributed by atoms with van der Waals surface area (Å²) in [5.74, 6) is 0. The van der Waals surface area contributed by atoms with Gasteiger partial charge in [0.15, 0.2) is 0 Å². The maximum atomic E-state index is 0. The molecule has 2 nitrogen and oxygen atoms in total. The first-order valence-electron chi connectivity index (χ1n) is 0. The van der Waals surface area contributed by atoms with Crippen molar-refractivity contribution in [3.63, 3.8) is 0 Å². The van der Waals surface area contributed by atoms with E-state index in [1.54, 1.807) is 0 Å². The zero-order valence-electron chi connectivity index (χ0n) is 1.80. The van der Waals surface area contributed by atoms with Crippen LogP contribution in [0.4, 0.5) is 0 Å². The molecule has 0 saturated heterocycles. The van der Waals surface area contributed by atoms with Crippen LogP contribution in [0.25, 0.3) is 0 Å². The standard InChI is InChI=1S/Cu.2H2O.Si/h;2*1H2;. The molecule has 0 aliphatic carbocycles. The van der Waals surface area contributed by atoms with Gasteiger partial charge in [-0.2, -0.15) is 0 Å². The third-order valence-corrected chi connectivity index (χ3v) is 0. The van der Waals surface area contributed by atoms with E-state index in [1.807, 2.05) is 0 Å². The van der Waals surface area contributed by atoms with E-state index >= 15 is 0 Å². The fraction of sp³-hybridized carbons (Fsp3) is 0. The van der Waals surface area contributed by atoms with Gasteiger partial charge in [0.25, 0.3) is 0 Å². The molecule has 0 saturated carbocycles. The monoisotopic (exact) mass is 127 g/mol. The molecule has 0 aromatic rings. The molecule has 5 radical (unpaired) electrons. The van der Waals surface area contributed by atoms with Crippen molar-refractivity contribution in [2.75, 3.05) is 0 Å². The Balaban J connectivity index is 0. The van der Waals surface area contributed by atoms with Gasteiger partial charge < -0.3 is 11.0 Å². The van der Waals surface area contributed by atoms with Crippen molar-refractivity contribution >= 4 is 11.0 Å². The summed E-state index contributed by atoms with van der Waals surface area (Å²) in [7, 11) is 0. The van der Waals surface area contributed by atoms with Crippen molar-refractivity contribution in [3.8, 4) is 0 Å². The van der Waals surface area contributed by atoms with Gasteiger partial charge in [-0.1, -0.05) is 0 Å². The molecule has 0 fully saturated rings. The van der Waals surface area contributed by atoms with Gasteiger partial charge in [0.1, 0.15) is 0 Å². The minimum absolute atomic E-state index is 0. The first kappa shape index (κ1) is 144. The van der Waals surface area contributed by atoms with Gasteiger partial charge in [-0.25, -0.2) is 0 Å². The van der Waals surface area contributed by atoms with E-state index in [2.05, 4.69) is 0 Å². The summed E-state index contributed by atoms with van der Waals surface area (Å²) in [6.07, 6.45) is 0. The van der Waals surface area contributed by atoms with Crippen LogP contribution in [0, 0.1) is 0 Å². The van der Waals surface area contributed by atoms with E-state index < -0.39 is 0 Å². The van der Waals surface area contributed by atoms with Crippen molar-refractivity contribution in [1.29, 1.82) is 0 Å². The zero-order valence-corrected chi connectivity index (χ0v) is 3.74. The van der Waals surface area contributed by atoms with Crippen LogP contribution in [0.1, 0.15) is 0 Å². The molecule has 4 heteroatoms. The van der Waals surface area contributed by atoms with E-state index in [0.29, 0.717) is 0 Å². The van der Waals surface area contributed by atoms with Gasteiger partial charge in [-0.3, -0.25) is 0 Å². The summed E-state index contributed by atoms with van der Waals surface area (Å²) >= 11 is 0. The molecule has 0 spiro atoms. The van der Waals surface area contributed by atoms with Crippen LogP contribution >= 0.6 is 0 Å². The quantitative estimate of drug-likeness (QED) is 0.337. The van der Waals surface area contributed by atoms with E-state index in [9.17, 15) is 0 Å². The molecule has 31 valence electrons. The summed E-state index contributed by atoms with van der Waals surface area (Å²) in [5.41, 5.74) is 0. The molecule has 0 unspecified atom stereocenters. The van der Waals surface area contributed by atoms with Gasteiger partial charge in [-0.05, 0) is 0 Å². The summed E-state index contributed by atoms with van der Waals surface area (Å²) in [4.78, 5) is 0. The van der Waals surface area contributed by atoms with E-state index in [1.165, 1.54) is 0 Å². The van der Waals surface area contributed by atoms with Crippen LogP contribution in [0.2, 0.25) is 0 Å². The summed E-state index contributed by atoms with van der Waals surface area (Å²) in [6, 6.07) is 0. The smallest absolute Gasteiger partial charge is 0 e. The Kier molecular flexibility index (Phi) is 2160. The average molecular weight is 128 g/mol. The van der Waals surface area contributed by atoms with E-state index in [-0.39, 0.29) is 39.0 Å². The van der Waals surface area contributed by atoms with Crippen molar-refractivity contribution in [2.24, 2.45) is 0 Å². The topological polar surface area (TPSA) is 63.0 Å². The van der Waals surface area contributed by atoms with Crippen LogP contribution in [0.15, 0.2) is 0 Å². The molecule has 4 N–H and O–H groups in total.